The van der Waals surface area contributed by atoms with Crippen LogP contribution in [0.3, 0.4) is 0 Å². The van der Waals surface area contributed by atoms with Gasteiger partial charge in [0, 0.05) is 5.39 Å². The van der Waals surface area contributed by atoms with E-state index in [4.69, 9.17) is 9.15 Å². The number of ether oxygens (including phenoxy) is 1. The number of benzene rings is 2. The molecular formula is C19H15N3O3. The molecule has 0 unspecified atom stereocenters. The summed E-state index contributed by atoms with van der Waals surface area (Å²) in [6.07, 6.45) is 1.46. The monoisotopic (exact) mass is 333 g/mol. The first-order chi connectivity index (χ1) is 12.2. The highest BCUT2D eigenvalue weighted by atomic mass is 16.5. The molecule has 2 aromatic heterocycles. The van der Waals surface area contributed by atoms with Crippen LogP contribution in [0.4, 0.5) is 5.82 Å². The van der Waals surface area contributed by atoms with Gasteiger partial charge in [-0.3, -0.25) is 9.89 Å². The van der Waals surface area contributed by atoms with E-state index < -0.39 is 0 Å². The molecule has 2 N–H and O–H groups in total. The van der Waals surface area contributed by atoms with E-state index in [1.807, 2.05) is 42.5 Å². The Labute approximate surface area is 143 Å². The second-order valence-corrected chi connectivity index (χ2v) is 5.49. The summed E-state index contributed by atoms with van der Waals surface area (Å²) in [5.74, 6) is 1.19. The maximum atomic E-state index is 12.1. The highest BCUT2D eigenvalue weighted by Gasteiger charge is 2.13. The zero-order valence-electron chi connectivity index (χ0n) is 13.4. The van der Waals surface area contributed by atoms with Crippen molar-refractivity contribution in [3.8, 4) is 16.9 Å². The number of anilines is 1. The zero-order chi connectivity index (χ0) is 17.2. The van der Waals surface area contributed by atoms with Gasteiger partial charge in [0.1, 0.15) is 5.75 Å². The lowest BCUT2D eigenvalue weighted by Gasteiger charge is -2.04. The number of fused-ring (bicyclic) bond motifs is 1. The highest BCUT2D eigenvalue weighted by Crippen LogP contribution is 2.28. The van der Waals surface area contributed by atoms with E-state index in [1.54, 1.807) is 19.2 Å². The molecule has 0 atom stereocenters. The van der Waals surface area contributed by atoms with E-state index in [1.165, 1.54) is 6.26 Å². The molecule has 6 nitrogen and oxygen atoms in total. The topological polar surface area (TPSA) is 80.2 Å². The van der Waals surface area contributed by atoms with Crippen molar-refractivity contribution in [2.24, 2.45) is 0 Å². The van der Waals surface area contributed by atoms with Crippen molar-refractivity contribution in [3.63, 3.8) is 0 Å². The lowest BCUT2D eigenvalue weighted by molar-refractivity contribution is 0.0996. The molecule has 2 heterocycles. The molecule has 0 spiro atoms. The van der Waals surface area contributed by atoms with Crippen LogP contribution in [-0.4, -0.2) is 23.2 Å². The number of rotatable bonds is 4. The number of hydrogen-bond acceptors (Lipinski definition) is 4. The molecule has 0 aliphatic heterocycles. The summed E-state index contributed by atoms with van der Waals surface area (Å²) in [6, 6.07) is 17.0. The van der Waals surface area contributed by atoms with Gasteiger partial charge in [-0.05, 0) is 47.5 Å². The molecule has 4 aromatic rings. The molecule has 124 valence electrons. The molecular weight excluding hydrogens is 318 g/mol. The first-order valence-corrected chi connectivity index (χ1v) is 7.72. The maximum Gasteiger partial charge on any atom is 0.292 e. The average Bonchev–Trinajstić information content (AvgIpc) is 3.32. The van der Waals surface area contributed by atoms with Gasteiger partial charge in [-0.2, -0.15) is 5.10 Å². The van der Waals surface area contributed by atoms with Crippen molar-refractivity contribution in [2.45, 2.75) is 0 Å². The first kappa shape index (κ1) is 15.0. The SMILES string of the molecule is COc1ccc(-c2ccc3c(NC(=O)c4ccco4)n[nH]c3c2)cc1. The average molecular weight is 333 g/mol. The largest absolute Gasteiger partial charge is 0.497 e. The van der Waals surface area contributed by atoms with Crippen LogP contribution < -0.4 is 10.1 Å². The van der Waals surface area contributed by atoms with E-state index in [0.29, 0.717) is 5.82 Å². The lowest BCUT2D eigenvalue weighted by Crippen LogP contribution is -2.11. The van der Waals surface area contributed by atoms with Crippen LogP contribution in [0.25, 0.3) is 22.0 Å². The van der Waals surface area contributed by atoms with Gasteiger partial charge in [0.25, 0.3) is 5.91 Å². The molecule has 0 radical (unpaired) electrons. The van der Waals surface area contributed by atoms with Crippen LogP contribution in [-0.2, 0) is 0 Å². The number of nitrogens with one attached hydrogen (secondary N) is 2. The third-order valence-electron chi connectivity index (χ3n) is 3.96. The molecule has 25 heavy (non-hydrogen) atoms. The standard InChI is InChI=1S/C19H15N3O3/c1-24-14-7-4-12(5-8-14)13-6-9-15-16(11-13)21-22-18(15)20-19(23)17-3-2-10-25-17/h2-11H,1H3,(H2,20,21,22,23). The first-order valence-electron chi connectivity index (χ1n) is 7.72. The fraction of sp³-hybridized carbons (Fsp3) is 0.0526. The Bertz CT molecular complexity index is 1020. The fourth-order valence-electron chi connectivity index (χ4n) is 2.65. The number of aromatic nitrogens is 2. The molecule has 0 bridgehead atoms. The second-order valence-electron chi connectivity index (χ2n) is 5.49. The van der Waals surface area contributed by atoms with Crippen LogP contribution >= 0.6 is 0 Å². The Balaban J connectivity index is 1.63. The summed E-state index contributed by atoms with van der Waals surface area (Å²) >= 11 is 0. The molecule has 0 fully saturated rings. The van der Waals surface area contributed by atoms with Gasteiger partial charge in [-0.1, -0.05) is 18.2 Å². The van der Waals surface area contributed by atoms with Crippen LogP contribution in [0.1, 0.15) is 10.6 Å². The quantitative estimate of drug-likeness (QED) is 0.589. The van der Waals surface area contributed by atoms with E-state index in [-0.39, 0.29) is 11.7 Å². The van der Waals surface area contributed by atoms with Gasteiger partial charge in [-0.15, -0.1) is 0 Å². The predicted molar refractivity (Wildman–Crippen MR) is 94.7 cm³/mol. The van der Waals surface area contributed by atoms with Crippen molar-refractivity contribution in [2.75, 3.05) is 12.4 Å². The summed E-state index contributed by atoms with van der Waals surface area (Å²) in [5.41, 5.74) is 2.95. The van der Waals surface area contributed by atoms with Gasteiger partial charge in [-0.25, -0.2) is 0 Å². The Kier molecular flexibility index (Phi) is 3.70. The van der Waals surface area contributed by atoms with Crippen molar-refractivity contribution < 1.29 is 13.9 Å². The molecule has 1 amide bonds. The minimum absolute atomic E-state index is 0.242. The molecule has 0 aliphatic rings. The number of carbonyl (C=O) groups is 1. The molecule has 0 saturated carbocycles. The second kappa shape index (κ2) is 6.16. The van der Waals surface area contributed by atoms with Crippen LogP contribution in [0, 0.1) is 0 Å². The van der Waals surface area contributed by atoms with Crippen LogP contribution in [0.5, 0.6) is 5.75 Å². The highest BCUT2D eigenvalue weighted by molar-refractivity contribution is 6.06. The predicted octanol–water partition coefficient (Wildman–Crippen LogP) is 4.08. The van der Waals surface area contributed by atoms with Gasteiger partial charge < -0.3 is 14.5 Å². The summed E-state index contributed by atoms with van der Waals surface area (Å²) in [7, 11) is 1.64. The van der Waals surface area contributed by atoms with Gasteiger partial charge in [0.2, 0.25) is 0 Å². The maximum absolute atomic E-state index is 12.1. The lowest BCUT2D eigenvalue weighted by atomic mass is 10.0. The smallest absolute Gasteiger partial charge is 0.292 e. The van der Waals surface area contributed by atoms with Crippen molar-refractivity contribution >= 4 is 22.6 Å². The molecule has 4 rings (SSSR count). The Hall–Kier alpha value is -3.54. The molecule has 2 aromatic carbocycles. The number of hydrogen-bond donors (Lipinski definition) is 2. The number of carbonyl (C=O) groups excluding carboxylic acids is 1. The summed E-state index contributed by atoms with van der Waals surface area (Å²) in [4.78, 5) is 12.1. The summed E-state index contributed by atoms with van der Waals surface area (Å²) < 4.78 is 10.3. The van der Waals surface area contributed by atoms with Crippen LogP contribution in [0.2, 0.25) is 0 Å². The van der Waals surface area contributed by atoms with E-state index in [2.05, 4.69) is 15.5 Å². The van der Waals surface area contributed by atoms with E-state index in [9.17, 15) is 4.79 Å². The van der Waals surface area contributed by atoms with Gasteiger partial charge in [0.15, 0.2) is 11.6 Å². The molecule has 6 heteroatoms. The molecule has 0 saturated heterocycles. The Morgan fingerprint density at radius 1 is 1.12 bits per heavy atom. The third-order valence-corrected chi connectivity index (χ3v) is 3.96. The summed E-state index contributed by atoms with van der Waals surface area (Å²) in [6.45, 7) is 0. The number of furan rings is 1. The summed E-state index contributed by atoms with van der Waals surface area (Å²) in [5, 5.41) is 10.7. The van der Waals surface area contributed by atoms with Gasteiger partial charge >= 0.3 is 0 Å². The number of methoxy groups -OCH3 is 1. The zero-order valence-corrected chi connectivity index (χ0v) is 13.4. The minimum atomic E-state index is -0.336. The fourth-order valence-corrected chi connectivity index (χ4v) is 2.65. The van der Waals surface area contributed by atoms with Crippen LogP contribution in [0.15, 0.2) is 65.3 Å². The Morgan fingerprint density at radius 2 is 1.92 bits per heavy atom. The van der Waals surface area contributed by atoms with E-state index >= 15 is 0 Å². The number of aromatic amines is 1. The van der Waals surface area contributed by atoms with Crippen molar-refractivity contribution in [1.29, 1.82) is 0 Å². The third kappa shape index (κ3) is 2.85. The minimum Gasteiger partial charge on any atom is -0.497 e. The number of amides is 1. The molecule has 0 aliphatic carbocycles. The Morgan fingerprint density at radius 3 is 2.64 bits per heavy atom. The van der Waals surface area contributed by atoms with Gasteiger partial charge in [0.05, 0.1) is 18.9 Å². The van der Waals surface area contributed by atoms with Crippen molar-refractivity contribution in [1.82, 2.24) is 10.2 Å². The normalized spacial score (nSPS) is 10.8. The number of nitrogens with zero attached hydrogens (tertiary/aromatic N) is 1. The van der Waals surface area contributed by atoms with E-state index in [0.717, 1.165) is 27.8 Å². The van der Waals surface area contributed by atoms with Crippen molar-refractivity contribution in [3.05, 3.63) is 66.6 Å². The number of H-pyrrole nitrogens is 1.